The van der Waals surface area contributed by atoms with Gasteiger partial charge in [0.05, 0.1) is 6.61 Å². The van der Waals surface area contributed by atoms with Crippen molar-refractivity contribution < 1.29 is 38.1 Å². The number of hydrogen-bond donors (Lipinski definition) is 5. The molecular weight excluding hydrogens is 392 g/mol. The second kappa shape index (κ2) is 7.62. The van der Waals surface area contributed by atoms with E-state index in [0.29, 0.717) is 4.57 Å². The van der Waals surface area contributed by atoms with Gasteiger partial charge in [-0.05, 0) is 13.8 Å². The van der Waals surface area contributed by atoms with Gasteiger partial charge in [0, 0.05) is 12.3 Å². The summed E-state index contributed by atoms with van der Waals surface area (Å²) in [6.07, 6.45) is -3.97. The van der Waals surface area contributed by atoms with E-state index in [4.69, 9.17) is 9.84 Å². The SMILES string of the molecule is C[C@H](NP(=O)(O)OC[C@H]1O[C@@H](n2ccc(=O)[nH]c2=O)[C@](C)(F)[C@@H]1O)C(=O)O. The molecule has 12 nitrogen and oxygen atoms in total. The molecule has 0 radical (unpaired) electrons. The van der Waals surface area contributed by atoms with Gasteiger partial charge >= 0.3 is 19.4 Å². The molecule has 0 spiro atoms. The zero-order valence-corrected chi connectivity index (χ0v) is 15.1. The average Bonchev–Trinajstić information content (AvgIpc) is 2.76. The standard InChI is InChI=1S/C13H19FN3O9P/c1-6(10(20)21)16-27(23,24)25-5-7-9(19)13(2,14)11(26-7)17-4-3-8(18)15-12(17)22/h3-4,6-7,9,11,19H,5H2,1-2H3,(H,20,21)(H,15,18,22)(H2,16,23,24)/t6-,7+,9+,11+,13+/m0/s1. The van der Waals surface area contributed by atoms with Crippen LogP contribution in [-0.4, -0.2) is 61.2 Å². The Morgan fingerprint density at radius 3 is 2.78 bits per heavy atom. The fourth-order valence-corrected chi connectivity index (χ4v) is 3.50. The summed E-state index contributed by atoms with van der Waals surface area (Å²) < 4.78 is 37.4. The molecule has 1 aliphatic heterocycles. The fraction of sp³-hybridized carbons (Fsp3) is 0.615. The fourth-order valence-electron chi connectivity index (χ4n) is 2.47. The number of carboxylic acids is 1. The summed E-state index contributed by atoms with van der Waals surface area (Å²) in [6, 6.07) is -0.454. The molecule has 1 fully saturated rings. The second-order valence-electron chi connectivity index (χ2n) is 6.15. The van der Waals surface area contributed by atoms with Gasteiger partial charge in [-0.3, -0.25) is 23.7 Å². The van der Waals surface area contributed by atoms with Crippen LogP contribution in [0.2, 0.25) is 0 Å². The quantitative estimate of drug-likeness (QED) is 0.339. The van der Waals surface area contributed by atoms with Crippen LogP contribution in [0.15, 0.2) is 21.9 Å². The number of aliphatic hydroxyl groups excluding tert-OH is 1. The molecular formula is C13H19FN3O9P. The number of nitrogens with one attached hydrogen (secondary N) is 2. The molecule has 14 heteroatoms. The number of carboxylic acid groups (broad SMARTS) is 1. The first-order chi connectivity index (χ1) is 12.3. The van der Waals surface area contributed by atoms with Crippen LogP contribution in [0.5, 0.6) is 0 Å². The van der Waals surface area contributed by atoms with Crippen molar-refractivity contribution >= 4 is 13.7 Å². The molecule has 0 aromatic carbocycles. The van der Waals surface area contributed by atoms with Crippen molar-refractivity contribution in [3.63, 3.8) is 0 Å². The molecule has 0 saturated carbocycles. The van der Waals surface area contributed by atoms with E-state index in [2.05, 4.69) is 4.52 Å². The van der Waals surface area contributed by atoms with E-state index in [1.54, 1.807) is 0 Å². The summed E-state index contributed by atoms with van der Waals surface area (Å²) in [4.78, 5) is 45.2. The lowest BCUT2D eigenvalue weighted by Gasteiger charge is -2.24. The Balaban J connectivity index is 2.14. The highest BCUT2D eigenvalue weighted by Gasteiger charge is 2.55. The highest BCUT2D eigenvalue weighted by molar-refractivity contribution is 7.50. The molecule has 2 rings (SSSR count). The van der Waals surface area contributed by atoms with E-state index < -0.39 is 61.7 Å². The van der Waals surface area contributed by atoms with Crippen molar-refractivity contribution in [1.82, 2.24) is 14.6 Å². The minimum Gasteiger partial charge on any atom is -0.480 e. The molecule has 0 amide bonds. The molecule has 27 heavy (non-hydrogen) atoms. The molecule has 1 aromatic rings. The van der Waals surface area contributed by atoms with E-state index in [0.717, 1.165) is 26.1 Å². The third-order valence-corrected chi connectivity index (χ3v) is 5.17. The molecule has 6 atom stereocenters. The van der Waals surface area contributed by atoms with Gasteiger partial charge < -0.3 is 19.8 Å². The highest BCUT2D eigenvalue weighted by atomic mass is 31.2. The number of ether oxygens (including phenoxy) is 1. The van der Waals surface area contributed by atoms with Gasteiger partial charge in [-0.1, -0.05) is 0 Å². The van der Waals surface area contributed by atoms with E-state index in [1.807, 2.05) is 10.1 Å². The lowest BCUT2D eigenvalue weighted by Crippen LogP contribution is -2.43. The van der Waals surface area contributed by atoms with Crippen LogP contribution in [0.25, 0.3) is 0 Å². The maximum atomic E-state index is 14.9. The Labute approximate surface area is 151 Å². The van der Waals surface area contributed by atoms with Gasteiger partial charge in [-0.15, -0.1) is 0 Å². The number of nitrogens with zero attached hydrogens (tertiary/aromatic N) is 1. The monoisotopic (exact) mass is 411 g/mol. The maximum absolute atomic E-state index is 14.9. The van der Waals surface area contributed by atoms with Crippen LogP contribution in [0.3, 0.4) is 0 Å². The molecule has 2 heterocycles. The molecule has 1 aliphatic rings. The Bertz CT molecular complexity index is 869. The van der Waals surface area contributed by atoms with Crippen LogP contribution in [-0.2, 0) is 18.6 Å². The lowest BCUT2D eigenvalue weighted by atomic mass is 9.98. The summed E-state index contributed by atoms with van der Waals surface area (Å²) in [5.74, 6) is -1.40. The third kappa shape index (κ3) is 4.69. The normalized spacial score (nSPS) is 31.4. The topological polar surface area (TPSA) is 180 Å². The zero-order valence-electron chi connectivity index (χ0n) is 14.2. The summed E-state index contributed by atoms with van der Waals surface area (Å²) in [5.41, 5.74) is -4.19. The van der Waals surface area contributed by atoms with E-state index in [9.17, 15) is 33.3 Å². The first-order valence-electron chi connectivity index (χ1n) is 7.67. The maximum Gasteiger partial charge on any atom is 0.403 e. The molecule has 5 N–H and O–H groups in total. The van der Waals surface area contributed by atoms with Crippen molar-refractivity contribution in [2.24, 2.45) is 0 Å². The number of aliphatic hydroxyl groups is 1. The van der Waals surface area contributed by atoms with Gasteiger partial charge in [-0.2, -0.15) is 0 Å². The number of H-pyrrole nitrogens is 1. The largest absolute Gasteiger partial charge is 0.480 e. The van der Waals surface area contributed by atoms with E-state index >= 15 is 0 Å². The zero-order chi connectivity index (χ0) is 20.6. The summed E-state index contributed by atoms with van der Waals surface area (Å²) in [7, 11) is -4.59. The van der Waals surface area contributed by atoms with Gasteiger partial charge in [0.15, 0.2) is 11.9 Å². The number of halogens is 1. The Morgan fingerprint density at radius 1 is 1.59 bits per heavy atom. The van der Waals surface area contributed by atoms with Crippen LogP contribution in [0.4, 0.5) is 4.39 Å². The number of carbonyl (C=O) groups is 1. The number of alkyl halides is 1. The minimum atomic E-state index is -4.59. The molecule has 0 aliphatic carbocycles. The first-order valence-corrected chi connectivity index (χ1v) is 9.25. The van der Waals surface area contributed by atoms with Gasteiger partial charge in [0.25, 0.3) is 5.56 Å². The van der Waals surface area contributed by atoms with Crippen molar-refractivity contribution in [1.29, 1.82) is 0 Å². The van der Waals surface area contributed by atoms with Gasteiger partial charge in [0.1, 0.15) is 18.2 Å². The predicted octanol–water partition coefficient (Wildman–Crippen LogP) is -1.30. The molecule has 1 saturated heterocycles. The highest BCUT2D eigenvalue weighted by Crippen LogP contribution is 2.43. The average molecular weight is 411 g/mol. The summed E-state index contributed by atoms with van der Waals surface area (Å²) in [5, 5.41) is 20.7. The van der Waals surface area contributed by atoms with Crippen molar-refractivity contribution in [2.75, 3.05) is 6.61 Å². The number of rotatable bonds is 7. The van der Waals surface area contributed by atoms with Gasteiger partial charge in [0.2, 0.25) is 0 Å². The van der Waals surface area contributed by atoms with Crippen molar-refractivity contribution in [3.8, 4) is 0 Å². The van der Waals surface area contributed by atoms with Crippen molar-refractivity contribution in [3.05, 3.63) is 33.1 Å². The smallest absolute Gasteiger partial charge is 0.403 e. The van der Waals surface area contributed by atoms with E-state index in [-0.39, 0.29) is 0 Å². The molecule has 1 aromatic heterocycles. The Morgan fingerprint density at radius 2 is 2.22 bits per heavy atom. The lowest BCUT2D eigenvalue weighted by molar-refractivity contribution is -0.138. The number of aromatic nitrogens is 2. The summed E-state index contributed by atoms with van der Waals surface area (Å²) >= 11 is 0. The first kappa shape index (κ1) is 21.4. The number of aromatic amines is 1. The van der Waals surface area contributed by atoms with Crippen molar-refractivity contribution in [2.45, 2.75) is 44.0 Å². The predicted molar refractivity (Wildman–Crippen MR) is 86.8 cm³/mol. The minimum absolute atomic E-state index is 0.713. The molecule has 152 valence electrons. The van der Waals surface area contributed by atoms with E-state index in [1.165, 1.54) is 0 Å². The number of aliphatic carboxylic acids is 1. The number of hydrogen-bond acceptors (Lipinski definition) is 7. The van der Waals surface area contributed by atoms with Crippen LogP contribution in [0.1, 0.15) is 20.1 Å². The van der Waals surface area contributed by atoms with Crippen LogP contribution < -0.4 is 16.3 Å². The molecule has 1 unspecified atom stereocenters. The Hall–Kier alpha value is -1.89. The second-order valence-corrected chi connectivity index (χ2v) is 7.70. The Kier molecular flexibility index (Phi) is 6.04. The molecule has 0 bridgehead atoms. The summed E-state index contributed by atoms with van der Waals surface area (Å²) in [6.45, 7) is 1.28. The van der Waals surface area contributed by atoms with Gasteiger partial charge in [-0.25, -0.2) is 18.8 Å². The third-order valence-electron chi connectivity index (χ3n) is 3.96. The van der Waals surface area contributed by atoms with Crippen LogP contribution in [0, 0.1) is 0 Å². The van der Waals surface area contributed by atoms with Crippen LogP contribution >= 0.6 is 7.75 Å².